The van der Waals surface area contributed by atoms with Crippen LogP contribution in [0.1, 0.15) is 0 Å². The van der Waals surface area contributed by atoms with E-state index in [-0.39, 0.29) is 5.69 Å². The van der Waals surface area contributed by atoms with Gasteiger partial charge in [-0.2, -0.15) is 0 Å². The molecule has 4 nitrogen and oxygen atoms in total. The second-order valence-corrected chi connectivity index (χ2v) is 3.40. The lowest BCUT2D eigenvalue weighted by molar-refractivity contribution is 0.390. The highest BCUT2D eigenvalue weighted by Crippen LogP contribution is 2.20. The maximum absolute atomic E-state index is 13.1. The van der Waals surface area contributed by atoms with Crippen LogP contribution in [0.3, 0.4) is 0 Å². The Bertz CT molecular complexity index is 457. The standard InChI is InChI=1S/C11H12FN3O/c12-10-7-9(1-2-11(10)13)16-8-3-5-15(14)6-4-8/h1-5,7H,6,13-14H2. The first kappa shape index (κ1) is 10.5. The van der Waals surface area contributed by atoms with Crippen LogP contribution in [0.25, 0.3) is 0 Å². The number of allylic oxidation sites excluding steroid dienone is 1. The van der Waals surface area contributed by atoms with Crippen molar-refractivity contribution in [1.29, 1.82) is 0 Å². The summed E-state index contributed by atoms with van der Waals surface area (Å²) in [6, 6.07) is 4.33. The number of nitrogens with two attached hydrogens (primary N) is 2. The van der Waals surface area contributed by atoms with E-state index in [4.69, 9.17) is 16.3 Å². The summed E-state index contributed by atoms with van der Waals surface area (Å²) in [6.45, 7) is 0.559. The van der Waals surface area contributed by atoms with Crippen LogP contribution >= 0.6 is 0 Å². The maximum Gasteiger partial charge on any atom is 0.149 e. The van der Waals surface area contributed by atoms with Crippen LogP contribution < -0.4 is 16.3 Å². The first-order chi connectivity index (χ1) is 7.65. The van der Waals surface area contributed by atoms with Crippen molar-refractivity contribution in [3.8, 4) is 5.75 Å². The lowest BCUT2D eigenvalue weighted by atomic mass is 10.3. The Hall–Kier alpha value is -2.01. The largest absolute Gasteiger partial charge is 0.457 e. The van der Waals surface area contributed by atoms with Crippen LogP contribution in [0.2, 0.25) is 0 Å². The fraction of sp³-hybridized carbons (Fsp3) is 0.0909. The number of nitrogens with zero attached hydrogens (tertiary/aromatic N) is 1. The van der Waals surface area contributed by atoms with E-state index in [0.29, 0.717) is 18.1 Å². The molecule has 1 aromatic carbocycles. The number of nitrogen functional groups attached to an aromatic ring is 1. The molecule has 0 unspecified atom stereocenters. The van der Waals surface area contributed by atoms with Gasteiger partial charge in [0.25, 0.3) is 0 Å². The molecule has 1 aliphatic rings. The number of halogens is 1. The SMILES string of the molecule is Nc1ccc(OC2=CCN(N)C=C2)cc1F. The van der Waals surface area contributed by atoms with E-state index in [9.17, 15) is 4.39 Å². The van der Waals surface area contributed by atoms with E-state index < -0.39 is 5.82 Å². The Balaban J connectivity index is 2.10. The first-order valence-electron chi connectivity index (χ1n) is 4.78. The lowest BCUT2D eigenvalue weighted by Gasteiger charge is -2.17. The summed E-state index contributed by atoms with van der Waals surface area (Å²) < 4.78 is 18.6. The molecule has 0 saturated carbocycles. The van der Waals surface area contributed by atoms with Gasteiger partial charge in [0.15, 0.2) is 0 Å². The summed E-state index contributed by atoms with van der Waals surface area (Å²) in [7, 11) is 0. The van der Waals surface area contributed by atoms with Crippen LogP contribution in [0.5, 0.6) is 5.75 Å². The molecule has 0 fully saturated rings. The number of hydrogen-bond donors (Lipinski definition) is 2. The molecule has 2 rings (SSSR count). The Labute approximate surface area is 92.6 Å². The molecular formula is C11H12FN3O. The monoisotopic (exact) mass is 221 g/mol. The second kappa shape index (κ2) is 4.24. The highest BCUT2D eigenvalue weighted by molar-refractivity contribution is 5.44. The van der Waals surface area contributed by atoms with Crippen LogP contribution in [0.4, 0.5) is 10.1 Å². The number of anilines is 1. The van der Waals surface area contributed by atoms with Gasteiger partial charge in [0.2, 0.25) is 0 Å². The molecule has 84 valence electrons. The van der Waals surface area contributed by atoms with Gasteiger partial charge < -0.3 is 15.5 Å². The van der Waals surface area contributed by atoms with Crippen molar-refractivity contribution in [3.05, 3.63) is 48.1 Å². The van der Waals surface area contributed by atoms with Crippen molar-refractivity contribution in [3.63, 3.8) is 0 Å². The Morgan fingerprint density at radius 1 is 1.38 bits per heavy atom. The van der Waals surface area contributed by atoms with Crippen LogP contribution in [0, 0.1) is 5.82 Å². The van der Waals surface area contributed by atoms with E-state index in [0.717, 1.165) is 0 Å². The zero-order chi connectivity index (χ0) is 11.5. The van der Waals surface area contributed by atoms with E-state index in [1.54, 1.807) is 24.4 Å². The van der Waals surface area contributed by atoms with Crippen molar-refractivity contribution >= 4 is 5.69 Å². The third-order valence-corrected chi connectivity index (χ3v) is 2.14. The molecule has 0 amide bonds. The zero-order valence-electron chi connectivity index (χ0n) is 8.56. The molecule has 1 heterocycles. The molecule has 0 atom stereocenters. The molecule has 1 aliphatic heterocycles. The van der Waals surface area contributed by atoms with Gasteiger partial charge in [-0.05, 0) is 24.3 Å². The topological polar surface area (TPSA) is 64.5 Å². The maximum atomic E-state index is 13.1. The second-order valence-electron chi connectivity index (χ2n) is 3.40. The summed E-state index contributed by atoms with van der Waals surface area (Å²) >= 11 is 0. The van der Waals surface area contributed by atoms with Crippen molar-refractivity contribution in [2.24, 2.45) is 5.84 Å². The number of hydrazine groups is 1. The molecule has 0 radical (unpaired) electrons. The minimum Gasteiger partial charge on any atom is -0.457 e. The quantitative estimate of drug-likeness (QED) is 0.585. The lowest BCUT2D eigenvalue weighted by Crippen LogP contribution is -2.27. The van der Waals surface area contributed by atoms with Gasteiger partial charge in [-0.3, -0.25) is 0 Å². The first-order valence-corrected chi connectivity index (χ1v) is 4.78. The number of benzene rings is 1. The minimum atomic E-state index is -0.488. The van der Waals surface area contributed by atoms with Gasteiger partial charge in [-0.15, -0.1) is 0 Å². The van der Waals surface area contributed by atoms with Crippen molar-refractivity contribution < 1.29 is 9.13 Å². The van der Waals surface area contributed by atoms with Gasteiger partial charge >= 0.3 is 0 Å². The Kier molecular flexibility index (Phi) is 2.78. The van der Waals surface area contributed by atoms with Gasteiger partial charge in [-0.1, -0.05) is 0 Å². The summed E-state index contributed by atoms with van der Waals surface area (Å²) in [6.07, 6.45) is 5.19. The molecule has 1 aromatic rings. The van der Waals surface area contributed by atoms with E-state index >= 15 is 0 Å². The average Bonchev–Trinajstić information content (AvgIpc) is 2.27. The molecule has 16 heavy (non-hydrogen) atoms. The summed E-state index contributed by atoms with van der Waals surface area (Å²) in [4.78, 5) is 0. The van der Waals surface area contributed by atoms with Crippen LogP contribution in [-0.2, 0) is 0 Å². The summed E-state index contributed by atoms with van der Waals surface area (Å²) in [5.41, 5.74) is 5.46. The molecular weight excluding hydrogens is 209 g/mol. The zero-order valence-corrected chi connectivity index (χ0v) is 8.56. The van der Waals surface area contributed by atoms with Gasteiger partial charge in [0.05, 0.1) is 12.2 Å². The Morgan fingerprint density at radius 2 is 2.19 bits per heavy atom. The molecule has 0 bridgehead atoms. The third kappa shape index (κ3) is 2.32. The van der Waals surface area contributed by atoms with Gasteiger partial charge in [0.1, 0.15) is 17.3 Å². The highest BCUT2D eigenvalue weighted by Gasteiger charge is 2.05. The van der Waals surface area contributed by atoms with Crippen molar-refractivity contribution in [1.82, 2.24) is 5.01 Å². The Morgan fingerprint density at radius 3 is 2.81 bits per heavy atom. The van der Waals surface area contributed by atoms with Gasteiger partial charge in [0, 0.05) is 12.3 Å². The van der Waals surface area contributed by atoms with E-state index in [2.05, 4.69) is 0 Å². The predicted octanol–water partition coefficient (Wildman–Crippen LogP) is 1.37. The summed E-state index contributed by atoms with van der Waals surface area (Å²) in [5, 5.41) is 1.51. The molecule has 4 N–H and O–H groups in total. The number of ether oxygens (including phenoxy) is 1. The minimum absolute atomic E-state index is 0.105. The van der Waals surface area contributed by atoms with Crippen LogP contribution in [-0.4, -0.2) is 11.6 Å². The number of rotatable bonds is 2. The highest BCUT2D eigenvalue weighted by atomic mass is 19.1. The van der Waals surface area contributed by atoms with E-state index in [1.165, 1.54) is 17.1 Å². The fourth-order valence-electron chi connectivity index (χ4n) is 1.28. The molecule has 0 aromatic heterocycles. The van der Waals surface area contributed by atoms with Gasteiger partial charge in [-0.25, -0.2) is 10.2 Å². The van der Waals surface area contributed by atoms with Crippen LogP contribution in [0.15, 0.2) is 42.3 Å². The average molecular weight is 221 g/mol. The fourth-order valence-corrected chi connectivity index (χ4v) is 1.28. The number of hydrogen-bond acceptors (Lipinski definition) is 4. The van der Waals surface area contributed by atoms with E-state index in [1.807, 2.05) is 0 Å². The summed E-state index contributed by atoms with van der Waals surface area (Å²) in [5.74, 6) is 6.06. The molecule has 0 spiro atoms. The smallest absolute Gasteiger partial charge is 0.149 e. The van der Waals surface area contributed by atoms with Crippen molar-refractivity contribution in [2.45, 2.75) is 0 Å². The van der Waals surface area contributed by atoms with Crippen molar-refractivity contribution in [2.75, 3.05) is 12.3 Å². The third-order valence-electron chi connectivity index (χ3n) is 2.14. The normalized spacial score (nSPS) is 14.9. The molecule has 5 heteroatoms. The molecule has 0 aliphatic carbocycles. The predicted molar refractivity (Wildman–Crippen MR) is 59.6 cm³/mol. The molecule has 0 saturated heterocycles.